The number of ether oxygens (including phenoxy) is 3. The zero-order valence-electron chi connectivity index (χ0n) is 13.2. The smallest absolute Gasteiger partial charge is 0.339 e. The number of fused-ring (bicyclic) bond motifs is 1. The van der Waals surface area contributed by atoms with Crippen molar-refractivity contribution >= 4 is 23.4 Å². The Morgan fingerprint density at radius 3 is 2.92 bits per heavy atom. The molecule has 24 heavy (non-hydrogen) atoms. The number of hydrogen-bond donors (Lipinski definition) is 1. The van der Waals surface area contributed by atoms with Gasteiger partial charge in [-0.3, -0.25) is 0 Å². The Morgan fingerprint density at radius 1 is 1.33 bits per heavy atom. The molecule has 0 saturated carbocycles. The minimum atomic E-state index is -0.379. The number of anilines is 1. The summed E-state index contributed by atoms with van der Waals surface area (Å²) in [5, 5.41) is 3.70. The molecule has 0 aliphatic carbocycles. The van der Waals surface area contributed by atoms with E-state index < -0.39 is 0 Å². The molecule has 0 atom stereocenters. The van der Waals surface area contributed by atoms with Crippen molar-refractivity contribution in [3.63, 3.8) is 0 Å². The third-order valence-corrected chi connectivity index (χ3v) is 3.69. The molecule has 2 heterocycles. The predicted molar refractivity (Wildman–Crippen MR) is 90.0 cm³/mol. The van der Waals surface area contributed by atoms with Crippen LogP contribution >= 0.6 is 11.6 Å². The van der Waals surface area contributed by atoms with Crippen LogP contribution in [0.3, 0.4) is 0 Å². The van der Waals surface area contributed by atoms with E-state index in [0.29, 0.717) is 54.3 Å². The molecule has 2 aromatic rings. The Hall–Kier alpha value is -2.47. The topological polar surface area (TPSA) is 69.7 Å². The molecular formula is C17H17ClN2O4. The first-order valence-electron chi connectivity index (χ1n) is 7.62. The van der Waals surface area contributed by atoms with E-state index in [4.69, 9.17) is 25.8 Å². The van der Waals surface area contributed by atoms with Gasteiger partial charge in [-0.1, -0.05) is 11.6 Å². The highest BCUT2D eigenvalue weighted by atomic mass is 35.5. The monoisotopic (exact) mass is 348 g/mol. The second-order valence-corrected chi connectivity index (χ2v) is 5.52. The van der Waals surface area contributed by atoms with Crippen molar-refractivity contribution in [2.75, 3.05) is 25.1 Å². The average Bonchev–Trinajstić information content (AvgIpc) is 2.61. The van der Waals surface area contributed by atoms with Gasteiger partial charge in [0, 0.05) is 12.7 Å². The van der Waals surface area contributed by atoms with Crippen molar-refractivity contribution in [2.45, 2.75) is 13.5 Å². The molecule has 1 N–H and O–H groups in total. The van der Waals surface area contributed by atoms with Crippen LogP contribution in [0.25, 0.3) is 0 Å². The molecule has 1 aliphatic rings. The van der Waals surface area contributed by atoms with E-state index >= 15 is 0 Å². The standard InChI is InChI=1S/C17H17ClN2O4/c1-2-22-17(21)12-3-4-15(20-10-12)19-9-11-7-13(18)16-14(8-11)23-5-6-24-16/h3-4,7-8,10H,2,5-6,9H2,1H3,(H,19,20). The minimum Gasteiger partial charge on any atom is -0.486 e. The minimum absolute atomic E-state index is 0.337. The molecule has 3 rings (SSSR count). The van der Waals surface area contributed by atoms with Crippen molar-refractivity contribution in [3.05, 3.63) is 46.6 Å². The SMILES string of the molecule is CCOC(=O)c1ccc(NCc2cc(Cl)c3c(c2)OCCO3)nc1. The summed E-state index contributed by atoms with van der Waals surface area (Å²) >= 11 is 6.21. The van der Waals surface area contributed by atoms with Crippen molar-refractivity contribution in [1.29, 1.82) is 0 Å². The van der Waals surface area contributed by atoms with Crippen LogP contribution in [-0.4, -0.2) is 30.8 Å². The van der Waals surface area contributed by atoms with E-state index in [1.54, 1.807) is 19.1 Å². The quantitative estimate of drug-likeness (QED) is 0.836. The number of halogens is 1. The molecule has 0 unspecified atom stereocenters. The van der Waals surface area contributed by atoms with Crippen LogP contribution in [0.1, 0.15) is 22.8 Å². The van der Waals surface area contributed by atoms with Gasteiger partial charge in [0.25, 0.3) is 0 Å². The lowest BCUT2D eigenvalue weighted by Crippen LogP contribution is -2.16. The van der Waals surface area contributed by atoms with Crippen LogP contribution < -0.4 is 14.8 Å². The molecule has 126 valence electrons. The Labute approximate surface area is 144 Å². The van der Waals surface area contributed by atoms with Crippen molar-refractivity contribution in [3.8, 4) is 11.5 Å². The first-order valence-corrected chi connectivity index (χ1v) is 8.00. The molecule has 0 amide bonds. The van der Waals surface area contributed by atoms with Gasteiger partial charge in [-0.15, -0.1) is 0 Å². The number of carbonyl (C=O) groups excluding carboxylic acids is 1. The van der Waals surface area contributed by atoms with E-state index in [2.05, 4.69) is 10.3 Å². The van der Waals surface area contributed by atoms with Gasteiger partial charge in [0.1, 0.15) is 19.0 Å². The van der Waals surface area contributed by atoms with Crippen molar-refractivity contribution in [2.24, 2.45) is 0 Å². The molecule has 0 fully saturated rings. The van der Waals surface area contributed by atoms with Gasteiger partial charge < -0.3 is 19.5 Å². The van der Waals surface area contributed by atoms with Crippen molar-refractivity contribution < 1.29 is 19.0 Å². The van der Waals surface area contributed by atoms with E-state index in [9.17, 15) is 4.79 Å². The Balaban J connectivity index is 1.65. The van der Waals surface area contributed by atoms with E-state index in [1.807, 2.05) is 12.1 Å². The fourth-order valence-electron chi connectivity index (χ4n) is 2.29. The van der Waals surface area contributed by atoms with Gasteiger partial charge in [-0.2, -0.15) is 0 Å². The molecule has 6 nitrogen and oxygen atoms in total. The van der Waals surface area contributed by atoms with E-state index in [1.165, 1.54) is 6.20 Å². The first kappa shape index (κ1) is 16.4. The summed E-state index contributed by atoms with van der Waals surface area (Å²) in [6.07, 6.45) is 1.48. The Kier molecular flexibility index (Phi) is 5.05. The molecular weight excluding hydrogens is 332 g/mol. The zero-order valence-corrected chi connectivity index (χ0v) is 13.9. The zero-order chi connectivity index (χ0) is 16.9. The van der Waals surface area contributed by atoms with Gasteiger partial charge in [-0.05, 0) is 36.8 Å². The third kappa shape index (κ3) is 3.71. The van der Waals surface area contributed by atoms with Crippen LogP contribution in [0.15, 0.2) is 30.5 Å². The van der Waals surface area contributed by atoms with Crippen LogP contribution in [0.4, 0.5) is 5.82 Å². The number of aromatic nitrogens is 1. The summed E-state index contributed by atoms with van der Waals surface area (Å²) in [7, 11) is 0. The highest BCUT2D eigenvalue weighted by Gasteiger charge is 2.16. The summed E-state index contributed by atoms with van der Waals surface area (Å²) < 4.78 is 16.0. The van der Waals surface area contributed by atoms with Gasteiger partial charge in [0.2, 0.25) is 0 Å². The number of carbonyl (C=O) groups is 1. The highest BCUT2D eigenvalue weighted by molar-refractivity contribution is 6.32. The molecule has 1 aliphatic heterocycles. The highest BCUT2D eigenvalue weighted by Crippen LogP contribution is 2.38. The summed E-state index contributed by atoms with van der Waals surface area (Å²) in [4.78, 5) is 15.8. The van der Waals surface area contributed by atoms with E-state index in [-0.39, 0.29) is 5.97 Å². The fourth-order valence-corrected chi connectivity index (χ4v) is 2.58. The van der Waals surface area contributed by atoms with Crippen LogP contribution in [0.5, 0.6) is 11.5 Å². The van der Waals surface area contributed by atoms with Gasteiger partial charge in [-0.25, -0.2) is 9.78 Å². The maximum atomic E-state index is 11.6. The van der Waals surface area contributed by atoms with Crippen LogP contribution in [0, 0.1) is 0 Å². The van der Waals surface area contributed by atoms with Crippen molar-refractivity contribution in [1.82, 2.24) is 4.98 Å². The molecule has 0 bridgehead atoms. The molecule has 1 aromatic carbocycles. The maximum Gasteiger partial charge on any atom is 0.339 e. The van der Waals surface area contributed by atoms with Gasteiger partial charge in [0.05, 0.1) is 17.2 Å². The summed E-state index contributed by atoms with van der Waals surface area (Å²) in [6, 6.07) is 7.12. The largest absolute Gasteiger partial charge is 0.486 e. The number of hydrogen-bond acceptors (Lipinski definition) is 6. The summed E-state index contributed by atoms with van der Waals surface area (Å²) in [5.41, 5.74) is 1.37. The lowest BCUT2D eigenvalue weighted by atomic mass is 10.2. The lowest BCUT2D eigenvalue weighted by molar-refractivity contribution is 0.0526. The summed E-state index contributed by atoms with van der Waals surface area (Å²) in [5.74, 6) is 1.50. The molecule has 0 radical (unpaired) electrons. The Morgan fingerprint density at radius 2 is 2.17 bits per heavy atom. The number of pyridine rings is 1. The van der Waals surface area contributed by atoms with Crippen LogP contribution in [0.2, 0.25) is 5.02 Å². The number of rotatable bonds is 5. The fraction of sp³-hybridized carbons (Fsp3) is 0.294. The molecule has 1 aromatic heterocycles. The first-order chi connectivity index (χ1) is 11.7. The number of esters is 1. The predicted octanol–water partition coefficient (Wildman–Crippen LogP) is 3.30. The molecule has 0 spiro atoms. The summed E-state index contributed by atoms with van der Waals surface area (Å²) in [6.45, 7) is 3.63. The van der Waals surface area contributed by atoms with Gasteiger partial charge in [0.15, 0.2) is 11.5 Å². The van der Waals surface area contributed by atoms with E-state index in [0.717, 1.165) is 5.56 Å². The molecule has 7 heteroatoms. The van der Waals surface area contributed by atoms with Gasteiger partial charge >= 0.3 is 5.97 Å². The number of nitrogens with one attached hydrogen (secondary N) is 1. The van der Waals surface area contributed by atoms with Crippen LogP contribution in [-0.2, 0) is 11.3 Å². The molecule has 0 saturated heterocycles. The third-order valence-electron chi connectivity index (χ3n) is 3.40. The Bertz CT molecular complexity index is 734. The second kappa shape index (κ2) is 7.40. The average molecular weight is 349 g/mol. The number of nitrogens with zero attached hydrogens (tertiary/aromatic N) is 1. The number of benzene rings is 1. The maximum absolute atomic E-state index is 11.6. The lowest BCUT2D eigenvalue weighted by Gasteiger charge is -2.20. The second-order valence-electron chi connectivity index (χ2n) is 5.11. The normalized spacial score (nSPS) is 12.6.